The Bertz CT molecular complexity index is 1730. The van der Waals surface area contributed by atoms with Gasteiger partial charge in [-0.05, 0) is 105 Å². The average Bonchev–Trinajstić information content (AvgIpc) is 3.75. The number of allylic oxidation sites excluding steroid dienone is 1. The monoisotopic (exact) mass is 588 g/mol. The van der Waals surface area contributed by atoms with Crippen LogP contribution in [0.2, 0.25) is 0 Å². The maximum absolute atomic E-state index is 14.4. The molecular weight excluding hydrogens is 561 g/mol. The van der Waals surface area contributed by atoms with Crippen LogP contribution in [-0.2, 0) is 17.4 Å². The zero-order valence-corrected chi connectivity index (χ0v) is 23.4. The highest BCUT2D eigenvalue weighted by atomic mass is 32.2. The van der Waals surface area contributed by atoms with Gasteiger partial charge in [-0.2, -0.15) is 5.10 Å². The van der Waals surface area contributed by atoms with E-state index in [2.05, 4.69) is 10.1 Å². The fraction of sp³-hybridized carbons (Fsp3) is 0.281. The summed E-state index contributed by atoms with van der Waals surface area (Å²) in [5.74, 6) is -1.56. The molecular formula is C32H27F3N4O2S. The number of ketones is 1. The number of hydrogen-bond donors (Lipinski definition) is 0. The van der Waals surface area contributed by atoms with Gasteiger partial charge in [-0.25, -0.2) is 26.4 Å². The van der Waals surface area contributed by atoms with E-state index in [-0.39, 0.29) is 29.4 Å². The van der Waals surface area contributed by atoms with E-state index >= 15 is 0 Å². The zero-order chi connectivity index (χ0) is 29.0. The number of carbonyl (C=O) groups excluding carboxylic acids is 1. The Labute approximate surface area is 243 Å². The van der Waals surface area contributed by atoms with E-state index in [1.165, 1.54) is 42.6 Å². The van der Waals surface area contributed by atoms with Crippen LogP contribution in [0.15, 0.2) is 83.5 Å². The van der Waals surface area contributed by atoms with Gasteiger partial charge in [0.1, 0.15) is 34.1 Å². The Kier molecular flexibility index (Phi) is 6.70. The summed E-state index contributed by atoms with van der Waals surface area (Å²) in [6.07, 6.45) is 8.72. The van der Waals surface area contributed by atoms with Crippen molar-refractivity contribution in [1.82, 2.24) is 19.1 Å². The van der Waals surface area contributed by atoms with E-state index < -0.39 is 28.0 Å². The van der Waals surface area contributed by atoms with Crippen molar-refractivity contribution >= 4 is 22.8 Å². The molecule has 3 unspecified atom stereocenters. The number of fused-ring (bicyclic) bond motifs is 2. The molecule has 0 amide bonds. The number of Topliss-reactive ketones (excluding diaryl/α,β-unsaturated/α-hetero) is 1. The summed E-state index contributed by atoms with van der Waals surface area (Å²) in [7, 11) is -1.54. The summed E-state index contributed by atoms with van der Waals surface area (Å²) >= 11 is 0. The summed E-state index contributed by atoms with van der Waals surface area (Å²) < 4.78 is 59.1. The molecule has 0 aliphatic heterocycles. The van der Waals surface area contributed by atoms with Crippen molar-refractivity contribution < 1.29 is 22.2 Å². The molecule has 0 saturated heterocycles. The molecule has 2 aromatic carbocycles. The average molecular weight is 589 g/mol. The zero-order valence-electron chi connectivity index (χ0n) is 22.6. The Morgan fingerprint density at radius 2 is 1.64 bits per heavy atom. The fourth-order valence-electron chi connectivity index (χ4n) is 6.43. The van der Waals surface area contributed by atoms with E-state index in [4.69, 9.17) is 0 Å². The summed E-state index contributed by atoms with van der Waals surface area (Å²) in [4.78, 5) is 19.1. The van der Waals surface area contributed by atoms with Crippen LogP contribution in [-0.4, -0.2) is 41.1 Å². The highest BCUT2D eigenvalue weighted by molar-refractivity contribution is 7.82. The summed E-state index contributed by atoms with van der Waals surface area (Å²) in [6, 6.07) is 14.0. The molecule has 6 nitrogen and oxygen atoms in total. The summed E-state index contributed by atoms with van der Waals surface area (Å²) in [6.45, 7) is 0. The van der Waals surface area contributed by atoms with Crippen LogP contribution in [0.3, 0.4) is 0 Å². The van der Waals surface area contributed by atoms with Crippen LogP contribution in [0.1, 0.15) is 53.8 Å². The number of benzene rings is 2. The third-order valence-electron chi connectivity index (χ3n) is 8.57. The molecule has 0 radical (unpaired) electrons. The second kappa shape index (κ2) is 10.4. The van der Waals surface area contributed by atoms with Gasteiger partial charge in [-0.15, -0.1) is 0 Å². The summed E-state index contributed by atoms with van der Waals surface area (Å²) in [5.41, 5.74) is 2.27. The van der Waals surface area contributed by atoms with E-state index in [1.54, 1.807) is 35.1 Å². The van der Waals surface area contributed by atoms with E-state index in [0.29, 0.717) is 36.3 Å². The van der Waals surface area contributed by atoms with Crippen molar-refractivity contribution in [3.8, 4) is 5.69 Å². The lowest BCUT2D eigenvalue weighted by molar-refractivity contribution is 0.0736. The van der Waals surface area contributed by atoms with Crippen LogP contribution in [0.5, 0.6) is 0 Å². The Balaban J connectivity index is 1.30. The van der Waals surface area contributed by atoms with Crippen molar-refractivity contribution in [2.24, 2.45) is 5.41 Å². The van der Waals surface area contributed by atoms with Crippen LogP contribution in [0.25, 0.3) is 11.8 Å². The SMILES string of the molecule is O=C(c1cc(F)ccn1)C12Cc3cnn(-c4ccc(F)cc4)c3C=C1CCC(N(C1CC1)S(=O)c1ccc(F)cc1)C2. The van der Waals surface area contributed by atoms with Gasteiger partial charge in [0.2, 0.25) is 0 Å². The summed E-state index contributed by atoms with van der Waals surface area (Å²) in [5, 5.41) is 4.57. The Morgan fingerprint density at radius 1 is 0.929 bits per heavy atom. The molecule has 2 aromatic heterocycles. The van der Waals surface area contributed by atoms with Gasteiger partial charge in [0.25, 0.3) is 0 Å². The van der Waals surface area contributed by atoms with E-state index in [1.807, 2.05) is 10.4 Å². The van der Waals surface area contributed by atoms with Crippen molar-refractivity contribution in [1.29, 1.82) is 0 Å². The Hall–Kier alpha value is -3.89. The van der Waals surface area contributed by atoms with Crippen LogP contribution < -0.4 is 0 Å². The molecule has 0 spiro atoms. The number of hydrogen-bond acceptors (Lipinski definition) is 4. The van der Waals surface area contributed by atoms with Crippen molar-refractivity contribution in [2.75, 3.05) is 0 Å². The lowest BCUT2D eigenvalue weighted by Gasteiger charge is -2.46. The largest absolute Gasteiger partial charge is 0.291 e. The van der Waals surface area contributed by atoms with Gasteiger partial charge in [0.15, 0.2) is 5.78 Å². The molecule has 0 N–H and O–H groups in total. The van der Waals surface area contributed by atoms with Gasteiger partial charge in [-0.3, -0.25) is 9.78 Å². The lowest BCUT2D eigenvalue weighted by atomic mass is 9.60. The van der Waals surface area contributed by atoms with Crippen molar-refractivity contribution in [3.63, 3.8) is 0 Å². The molecule has 0 bridgehead atoms. The van der Waals surface area contributed by atoms with Gasteiger partial charge in [0.05, 0.1) is 27.9 Å². The first-order valence-corrected chi connectivity index (χ1v) is 15.1. The maximum Gasteiger partial charge on any atom is 0.191 e. The minimum atomic E-state index is -1.54. The highest BCUT2D eigenvalue weighted by Crippen LogP contribution is 2.52. The minimum absolute atomic E-state index is 0.0496. The van der Waals surface area contributed by atoms with Gasteiger partial charge < -0.3 is 0 Å². The first-order chi connectivity index (χ1) is 20.3. The molecule has 3 aliphatic carbocycles. The van der Waals surface area contributed by atoms with Gasteiger partial charge in [0, 0.05) is 24.3 Å². The molecule has 3 atom stereocenters. The molecule has 2 fully saturated rings. The number of rotatable bonds is 7. The predicted octanol–water partition coefficient (Wildman–Crippen LogP) is 6.23. The first kappa shape index (κ1) is 27.0. The molecule has 3 aliphatic rings. The third kappa shape index (κ3) is 4.72. The van der Waals surface area contributed by atoms with Gasteiger partial charge in [-0.1, -0.05) is 5.57 Å². The standard InChI is InChI=1S/C32H27F3N4O2S/c33-22-2-7-25(8-3-22)38-30-15-21-1-6-27(39(26-9-10-26)42(41)28-11-4-23(34)5-12-28)18-32(21,17-20(30)19-37-38)31(40)29-16-24(35)13-14-36-29/h2-5,7-8,11-16,19,26-27H,1,6,9-10,17-18H2. The maximum atomic E-state index is 14.4. The molecule has 42 heavy (non-hydrogen) atoms. The smallest absolute Gasteiger partial charge is 0.191 e. The van der Waals surface area contributed by atoms with Crippen LogP contribution in [0.4, 0.5) is 13.2 Å². The second-order valence-electron chi connectivity index (χ2n) is 11.3. The van der Waals surface area contributed by atoms with Crippen molar-refractivity contribution in [2.45, 2.75) is 55.5 Å². The van der Waals surface area contributed by atoms with Gasteiger partial charge >= 0.3 is 0 Å². The highest BCUT2D eigenvalue weighted by Gasteiger charge is 2.52. The van der Waals surface area contributed by atoms with E-state index in [9.17, 15) is 22.2 Å². The second-order valence-corrected chi connectivity index (χ2v) is 12.6. The Morgan fingerprint density at radius 3 is 2.33 bits per heavy atom. The topological polar surface area (TPSA) is 68.1 Å². The molecule has 2 heterocycles. The molecule has 4 aromatic rings. The molecule has 10 heteroatoms. The number of aromatic nitrogens is 3. The number of nitrogens with zero attached hydrogens (tertiary/aromatic N) is 4. The number of halogens is 3. The number of pyridine rings is 1. The van der Waals surface area contributed by atoms with Crippen LogP contribution >= 0.6 is 0 Å². The molecule has 2 saturated carbocycles. The predicted molar refractivity (Wildman–Crippen MR) is 151 cm³/mol. The van der Waals surface area contributed by atoms with Crippen molar-refractivity contribution in [3.05, 3.63) is 113 Å². The molecule has 214 valence electrons. The lowest BCUT2D eigenvalue weighted by Crippen LogP contribution is -2.50. The molecule has 7 rings (SSSR count). The quantitative estimate of drug-likeness (QED) is 0.240. The number of carbonyl (C=O) groups is 1. The normalized spacial score (nSPS) is 22.3. The minimum Gasteiger partial charge on any atom is -0.291 e. The van der Waals surface area contributed by atoms with E-state index in [0.717, 1.165) is 29.7 Å². The van der Waals surface area contributed by atoms with Crippen LogP contribution in [0, 0.1) is 22.9 Å². The first-order valence-electron chi connectivity index (χ1n) is 14.0. The fourth-order valence-corrected chi connectivity index (χ4v) is 7.98. The third-order valence-corrected chi connectivity index (χ3v) is 10.2.